The third kappa shape index (κ3) is 4.19. The molecule has 1 fully saturated rings. The number of rotatable bonds is 5. The van der Waals surface area contributed by atoms with E-state index in [9.17, 15) is 19.2 Å². The highest BCUT2D eigenvalue weighted by atomic mass is 35.5. The fraction of sp³-hybridized carbons (Fsp3) is 0.158. The van der Waals surface area contributed by atoms with Crippen molar-refractivity contribution < 1.29 is 19.2 Å². The molecule has 0 saturated carbocycles. The van der Waals surface area contributed by atoms with E-state index in [0.717, 1.165) is 10.0 Å². The fourth-order valence-corrected chi connectivity index (χ4v) is 3.39. The van der Waals surface area contributed by atoms with Gasteiger partial charge in [0.05, 0.1) is 5.02 Å². The lowest BCUT2D eigenvalue weighted by Gasteiger charge is -2.29. The molecule has 1 heterocycles. The van der Waals surface area contributed by atoms with E-state index in [0.29, 0.717) is 10.0 Å². The molecule has 1 aliphatic heterocycles. The molecule has 0 bridgehead atoms. The van der Waals surface area contributed by atoms with Gasteiger partial charge < -0.3 is 0 Å². The molecule has 2 aromatic carbocycles. The van der Waals surface area contributed by atoms with Crippen molar-refractivity contribution in [1.82, 2.24) is 10.0 Å². The highest BCUT2D eigenvalue weighted by Gasteiger charge is 2.38. The Hall–Kier alpha value is -2.41. The van der Waals surface area contributed by atoms with Crippen LogP contribution < -0.4 is 0 Å². The molecule has 1 saturated heterocycles. The number of Topliss-reactive ketones (excluding diaryl/α,β-unsaturated/α-hetero) is 1. The van der Waals surface area contributed by atoms with Crippen molar-refractivity contribution in [2.24, 2.45) is 0 Å². The van der Waals surface area contributed by atoms with Crippen molar-refractivity contribution in [2.45, 2.75) is 12.8 Å². The number of hydrazine groups is 1. The molecule has 0 unspecified atom stereocenters. The number of hydrogen-bond donors (Lipinski definition) is 0. The third-order valence-corrected chi connectivity index (χ3v) is 4.92. The van der Waals surface area contributed by atoms with Crippen LogP contribution in [-0.2, 0) is 9.59 Å². The summed E-state index contributed by atoms with van der Waals surface area (Å²) in [5, 5.41) is 2.43. The van der Waals surface area contributed by atoms with E-state index < -0.39 is 30.0 Å². The maximum Gasteiger partial charge on any atom is 0.273 e. The van der Waals surface area contributed by atoms with Crippen molar-refractivity contribution in [1.29, 1.82) is 0 Å². The van der Waals surface area contributed by atoms with Crippen molar-refractivity contribution in [2.75, 3.05) is 6.54 Å². The van der Waals surface area contributed by atoms with Gasteiger partial charge in [-0.15, -0.1) is 0 Å². The van der Waals surface area contributed by atoms with Gasteiger partial charge in [-0.2, -0.15) is 5.01 Å². The van der Waals surface area contributed by atoms with Crippen molar-refractivity contribution >= 4 is 58.3 Å². The van der Waals surface area contributed by atoms with Crippen LogP contribution in [0, 0.1) is 0 Å². The zero-order chi connectivity index (χ0) is 20.4. The monoisotopic (exact) mass is 438 g/mol. The minimum Gasteiger partial charge on any atom is -0.292 e. The predicted octanol–water partition coefficient (Wildman–Crippen LogP) is 4.04. The first-order chi connectivity index (χ1) is 13.3. The lowest BCUT2D eigenvalue weighted by molar-refractivity contribution is -0.152. The van der Waals surface area contributed by atoms with Gasteiger partial charge >= 0.3 is 0 Å². The molecular weight excluding hydrogens is 427 g/mol. The summed E-state index contributed by atoms with van der Waals surface area (Å²) in [6.45, 7) is -0.541. The van der Waals surface area contributed by atoms with E-state index in [1.807, 2.05) is 0 Å². The molecule has 144 valence electrons. The summed E-state index contributed by atoms with van der Waals surface area (Å²) >= 11 is 17.8. The van der Waals surface area contributed by atoms with E-state index in [4.69, 9.17) is 34.8 Å². The number of carbonyl (C=O) groups is 4. The number of imide groups is 1. The number of carbonyl (C=O) groups excluding carboxylic acids is 4. The molecular formula is C19H13Cl3N2O4. The number of nitrogens with zero attached hydrogens (tertiary/aromatic N) is 2. The van der Waals surface area contributed by atoms with Gasteiger partial charge in [-0.25, -0.2) is 5.01 Å². The van der Waals surface area contributed by atoms with Gasteiger partial charge in [-0.1, -0.05) is 34.8 Å². The Morgan fingerprint density at radius 2 is 1.46 bits per heavy atom. The molecule has 0 aromatic heterocycles. The summed E-state index contributed by atoms with van der Waals surface area (Å²) in [7, 11) is 0. The van der Waals surface area contributed by atoms with E-state index in [1.165, 1.54) is 42.5 Å². The molecule has 0 spiro atoms. The van der Waals surface area contributed by atoms with Crippen LogP contribution in [0.1, 0.15) is 33.6 Å². The summed E-state index contributed by atoms with van der Waals surface area (Å²) < 4.78 is 0. The van der Waals surface area contributed by atoms with Gasteiger partial charge in [-0.05, 0) is 42.5 Å². The normalized spacial score (nSPS) is 13.8. The van der Waals surface area contributed by atoms with Crippen LogP contribution >= 0.6 is 34.8 Å². The number of ketones is 1. The van der Waals surface area contributed by atoms with Gasteiger partial charge in [-0.3, -0.25) is 19.2 Å². The molecule has 28 heavy (non-hydrogen) atoms. The van der Waals surface area contributed by atoms with E-state index in [1.54, 1.807) is 0 Å². The highest BCUT2D eigenvalue weighted by Crippen LogP contribution is 2.24. The standard InChI is InChI=1S/C19H13Cl3N2O4/c20-12-3-1-11(2-4-12)19(28)23(24-17(26)7-8-18(24)27)10-16(25)14-6-5-13(21)9-15(14)22/h1-6,9H,7-8,10H2. The minimum absolute atomic E-state index is 0.0286. The third-order valence-electron chi connectivity index (χ3n) is 4.12. The molecule has 0 N–H and O–H groups in total. The molecule has 1 aliphatic rings. The van der Waals surface area contributed by atoms with Crippen LogP contribution in [0.4, 0.5) is 0 Å². The number of benzene rings is 2. The number of hydrogen-bond acceptors (Lipinski definition) is 4. The molecule has 3 rings (SSSR count). The predicted molar refractivity (Wildman–Crippen MR) is 104 cm³/mol. The van der Waals surface area contributed by atoms with Crippen LogP contribution in [0.3, 0.4) is 0 Å². The van der Waals surface area contributed by atoms with Gasteiger partial charge in [0, 0.05) is 34.0 Å². The topological polar surface area (TPSA) is 74.8 Å². The average Bonchev–Trinajstić information content (AvgIpc) is 2.98. The first-order valence-corrected chi connectivity index (χ1v) is 9.32. The molecule has 2 aromatic rings. The molecule has 0 radical (unpaired) electrons. The Bertz CT molecular complexity index is 960. The molecule has 3 amide bonds. The van der Waals surface area contributed by atoms with E-state index >= 15 is 0 Å². The quantitative estimate of drug-likeness (QED) is 0.520. The maximum absolute atomic E-state index is 13.0. The van der Waals surface area contributed by atoms with Gasteiger partial charge in [0.2, 0.25) is 11.8 Å². The highest BCUT2D eigenvalue weighted by molar-refractivity contribution is 6.37. The average molecular weight is 440 g/mol. The van der Waals surface area contributed by atoms with Crippen molar-refractivity contribution in [3.63, 3.8) is 0 Å². The Kier molecular flexibility index (Phi) is 6.03. The second-order valence-electron chi connectivity index (χ2n) is 6.02. The molecule has 0 atom stereocenters. The fourth-order valence-electron chi connectivity index (χ4n) is 2.75. The summed E-state index contributed by atoms with van der Waals surface area (Å²) in [6.07, 6.45) is -0.0573. The zero-order valence-electron chi connectivity index (χ0n) is 14.3. The molecule has 9 heteroatoms. The van der Waals surface area contributed by atoms with Crippen molar-refractivity contribution in [3.8, 4) is 0 Å². The Labute approximate surface area is 175 Å². The van der Waals surface area contributed by atoms with Crippen LogP contribution in [0.15, 0.2) is 42.5 Å². The van der Waals surface area contributed by atoms with Crippen LogP contribution in [0.5, 0.6) is 0 Å². The van der Waals surface area contributed by atoms with Crippen LogP contribution in [0.25, 0.3) is 0 Å². The van der Waals surface area contributed by atoms with Gasteiger partial charge in [0.1, 0.15) is 6.54 Å². The van der Waals surface area contributed by atoms with E-state index in [-0.39, 0.29) is 29.0 Å². The van der Waals surface area contributed by atoms with E-state index in [2.05, 4.69) is 0 Å². The molecule has 0 aliphatic carbocycles. The summed E-state index contributed by atoms with van der Waals surface area (Å²) in [4.78, 5) is 50.1. The summed E-state index contributed by atoms with van der Waals surface area (Å²) in [5.41, 5.74) is 0.297. The maximum atomic E-state index is 13.0. The lowest BCUT2D eigenvalue weighted by Crippen LogP contribution is -2.51. The first kappa shape index (κ1) is 20.3. The lowest BCUT2D eigenvalue weighted by atomic mass is 10.1. The van der Waals surface area contributed by atoms with Crippen molar-refractivity contribution in [3.05, 3.63) is 68.7 Å². The number of amides is 3. The van der Waals surface area contributed by atoms with Crippen LogP contribution in [0.2, 0.25) is 15.1 Å². The second kappa shape index (κ2) is 8.31. The van der Waals surface area contributed by atoms with Gasteiger partial charge in [0.25, 0.3) is 5.91 Å². The smallest absolute Gasteiger partial charge is 0.273 e. The largest absolute Gasteiger partial charge is 0.292 e. The Morgan fingerprint density at radius 1 is 0.893 bits per heavy atom. The zero-order valence-corrected chi connectivity index (χ0v) is 16.6. The summed E-state index contributed by atoms with van der Waals surface area (Å²) in [6, 6.07) is 10.2. The minimum atomic E-state index is -0.682. The summed E-state index contributed by atoms with van der Waals surface area (Å²) in [5.74, 6) is -2.33. The Morgan fingerprint density at radius 3 is 2.04 bits per heavy atom. The first-order valence-electron chi connectivity index (χ1n) is 8.19. The number of halogens is 3. The molecule has 6 nitrogen and oxygen atoms in total. The SMILES string of the molecule is O=C(CN(C(=O)c1ccc(Cl)cc1)N1C(=O)CCC1=O)c1ccc(Cl)cc1Cl. The Balaban J connectivity index is 1.95. The second-order valence-corrected chi connectivity index (χ2v) is 7.30. The van der Waals surface area contributed by atoms with Gasteiger partial charge in [0.15, 0.2) is 5.78 Å². The van der Waals surface area contributed by atoms with Crippen LogP contribution in [-0.4, -0.2) is 40.1 Å².